The minimum atomic E-state index is -3.50. The van der Waals surface area contributed by atoms with Crippen molar-refractivity contribution in [2.24, 2.45) is 0 Å². The van der Waals surface area contributed by atoms with Gasteiger partial charge in [-0.15, -0.1) is 0 Å². The summed E-state index contributed by atoms with van der Waals surface area (Å²) in [5.41, 5.74) is 2.05. The molecule has 0 fully saturated rings. The van der Waals surface area contributed by atoms with Crippen LogP contribution in [-0.2, 0) is 10.0 Å². The number of aromatic nitrogens is 1. The maximum Gasteiger partial charge on any atom is 0.257 e. The van der Waals surface area contributed by atoms with Crippen LogP contribution in [-0.4, -0.2) is 31.8 Å². The van der Waals surface area contributed by atoms with Crippen LogP contribution in [0.5, 0.6) is 0 Å². The van der Waals surface area contributed by atoms with Gasteiger partial charge < -0.3 is 4.42 Å². The lowest BCUT2D eigenvalue weighted by atomic mass is 10.2. The fraction of sp³-hybridized carbons (Fsp3) is 0.235. The Bertz CT molecular complexity index is 1020. The molecule has 0 saturated heterocycles. The summed E-state index contributed by atoms with van der Waals surface area (Å²) >= 11 is 7.66. The minimum Gasteiger partial charge on any atom is -0.431 e. The Morgan fingerprint density at radius 1 is 1.20 bits per heavy atom. The summed E-state index contributed by atoms with van der Waals surface area (Å²) in [5, 5.41) is 1.21. The molecular formula is C17H17ClN2O3S2. The zero-order valence-electron chi connectivity index (χ0n) is 13.9. The molecule has 0 amide bonds. The number of fused-ring (bicyclic) bond motifs is 1. The van der Waals surface area contributed by atoms with E-state index in [-0.39, 0.29) is 10.1 Å². The summed E-state index contributed by atoms with van der Waals surface area (Å²) in [6, 6.07) is 12.3. The van der Waals surface area contributed by atoms with Gasteiger partial charge in [-0.25, -0.2) is 17.7 Å². The minimum absolute atomic E-state index is 0.0479. The molecule has 1 heterocycles. The molecule has 0 unspecified atom stereocenters. The van der Waals surface area contributed by atoms with E-state index < -0.39 is 10.0 Å². The van der Waals surface area contributed by atoms with Crippen molar-refractivity contribution in [3.8, 4) is 0 Å². The molecule has 0 aliphatic rings. The van der Waals surface area contributed by atoms with E-state index in [0.717, 1.165) is 5.56 Å². The van der Waals surface area contributed by atoms with Crippen molar-refractivity contribution in [1.29, 1.82) is 0 Å². The van der Waals surface area contributed by atoms with Gasteiger partial charge in [0.1, 0.15) is 5.52 Å². The number of oxazole rings is 1. The Hall–Kier alpha value is -1.54. The highest BCUT2D eigenvalue weighted by Crippen LogP contribution is 2.38. The number of sulfonamides is 1. The van der Waals surface area contributed by atoms with Gasteiger partial charge in [0.25, 0.3) is 5.22 Å². The van der Waals surface area contributed by atoms with Crippen LogP contribution in [0.25, 0.3) is 11.1 Å². The number of halogens is 1. The Kier molecular flexibility index (Phi) is 5.11. The summed E-state index contributed by atoms with van der Waals surface area (Å²) in [5.74, 6) is 0. The predicted molar refractivity (Wildman–Crippen MR) is 101 cm³/mol. The largest absolute Gasteiger partial charge is 0.431 e. The third kappa shape index (κ3) is 3.69. The molecule has 1 atom stereocenters. The van der Waals surface area contributed by atoms with Gasteiger partial charge in [0, 0.05) is 24.4 Å². The van der Waals surface area contributed by atoms with Crippen LogP contribution in [0.1, 0.15) is 17.7 Å². The summed E-state index contributed by atoms with van der Waals surface area (Å²) in [4.78, 5) is 4.60. The first-order valence-electron chi connectivity index (χ1n) is 7.53. The number of hydrogen-bond acceptors (Lipinski definition) is 5. The molecular weight excluding hydrogens is 380 g/mol. The summed E-state index contributed by atoms with van der Waals surface area (Å²) < 4.78 is 31.4. The molecule has 0 N–H and O–H groups in total. The van der Waals surface area contributed by atoms with Crippen LogP contribution >= 0.6 is 23.4 Å². The fourth-order valence-corrected chi connectivity index (χ4v) is 4.54. The molecule has 0 bridgehead atoms. The number of thioether (sulfide) groups is 1. The quantitative estimate of drug-likeness (QED) is 0.590. The SMILES string of the molecule is C[C@H](Sc1nc2cc(S(=O)(=O)N(C)C)ccc2o1)c1ccccc1Cl. The van der Waals surface area contributed by atoms with Crippen molar-refractivity contribution in [2.45, 2.75) is 22.3 Å². The molecule has 132 valence electrons. The normalized spacial score (nSPS) is 13.5. The van der Waals surface area contributed by atoms with E-state index >= 15 is 0 Å². The molecule has 0 spiro atoms. The topological polar surface area (TPSA) is 63.4 Å². The van der Waals surface area contributed by atoms with Crippen molar-refractivity contribution >= 4 is 44.5 Å². The first kappa shape index (κ1) is 18.3. The van der Waals surface area contributed by atoms with Gasteiger partial charge in [-0.2, -0.15) is 0 Å². The van der Waals surface area contributed by atoms with Gasteiger partial charge in [-0.05, 0) is 36.8 Å². The summed E-state index contributed by atoms with van der Waals surface area (Å²) in [6.07, 6.45) is 0. The van der Waals surface area contributed by atoms with E-state index in [4.69, 9.17) is 16.0 Å². The third-order valence-electron chi connectivity index (χ3n) is 3.74. The number of benzene rings is 2. The molecule has 0 saturated carbocycles. The van der Waals surface area contributed by atoms with Crippen molar-refractivity contribution < 1.29 is 12.8 Å². The van der Waals surface area contributed by atoms with Crippen LogP contribution in [0, 0.1) is 0 Å². The van der Waals surface area contributed by atoms with Crippen LogP contribution in [0.2, 0.25) is 5.02 Å². The number of nitrogens with zero attached hydrogens (tertiary/aromatic N) is 2. The zero-order valence-corrected chi connectivity index (χ0v) is 16.3. The lowest BCUT2D eigenvalue weighted by molar-refractivity contribution is 0.488. The van der Waals surface area contributed by atoms with Crippen molar-refractivity contribution in [3.63, 3.8) is 0 Å². The average molecular weight is 397 g/mol. The van der Waals surface area contributed by atoms with Crippen LogP contribution in [0.3, 0.4) is 0 Å². The molecule has 0 aliphatic carbocycles. The van der Waals surface area contributed by atoms with Crippen LogP contribution in [0.15, 0.2) is 57.0 Å². The molecule has 0 aliphatic heterocycles. The molecule has 1 aromatic heterocycles. The summed E-state index contributed by atoms with van der Waals surface area (Å²) in [7, 11) is -0.513. The van der Waals surface area contributed by atoms with Gasteiger partial charge in [0.05, 0.1) is 4.90 Å². The highest BCUT2D eigenvalue weighted by Gasteiger charge is 2.20. The lowest BCUT2D eigenvalue weighted by Gasteiger charge is -2.10. The van der Waals surface area contributed by atoms with Crippen LogP contribution < -0.4 is 0 Å². The van der Waals surface area contributed by atoms with E-state index in [9.17, 15) is 8.42 Å². The zero-order chi connectivity index (χ0) is 18.2. The second-order valence-corrected chi connectivity index (χ2v) is 9.53. The van der Waals surface area contributed by atoms with Gasteiger partial charge in [-0.3, -0.25) is 0 Å². The van der Waals surface area contributed by atoms with Crippen molar-refractivity contribution in [2.75, 3.05) is 14.1 Å². The van der Waals surface area contributed by atoms with Crippen LogP contribution in [0.4, 0.5) is 0 Å². The van der Waals surface area contributed by atoms with E-state index in [1.165, 1.54) is 42.3 Å². The Morgan fingerprint density at radius 2 is 1.92 bits per heavy atom. The molecule has 3 aromatic rings. The summed E-state index contributed by atoms with van der Waals surface area (Å²) in [6.45, 7) is 2.02. The second-order valence-electron chi connectivity index (χ2n) is 5.68. The lowest BCUT2D eigenvalue weighted by Crippen LogP contribution is -2.22. The number of rotatable bonds is 5. The standard InChI is InChI=1S/C17H17ClN2O3S2/c1-11(13-6-4-5-7-14(13)18)24-17-19-15-10-12(8-9-16(15)23-17)25(21,22)20(2)3/h4-11H,1-3H3/t11-/m0/s1. The maximum atomic E-state index is 12.2. The fourth-order valence-electron chi connectivity index (χ4n) is 2.33. The Labute approximate surface area is 156 Å². The number of hydrogen-bond donors (Lipinski definition) is 0. The van der Waals surface area contributed by atoms with E-state index in [1.807, 2.05) is 31.2 Å². The highest BCUT2D eigenvalue weighted by molar-refractivity contribution is 7.99. The van der Waals surface area contributed by atoms with Gasteiger partial charge in [0.15, 0.2) is 5.58 Å². The van der Waals surface area contributed by atoms with E-state index in [0.29, 0.717) is 21.3 Å². The van der Waals surface area contributed by atoms with Gasteiger partial charge in [0.2, 0.25) is 10.0 Å². The van der Waals surface area contributed by atoms with Gasteiger partial charge in [-0.1, -0.05) is 41.6 Å². The van der Waals surface area contributed by atoms with Crippen molar-refractivity contribution in [3.05, 3.63) is 53.1 Å². The Morgan fingerprint density at radius 3 is 2.60 bits per heavy atom. The van der Waals surface area contributed by atoms with E-state index in [2.05, 4.69) is 4.98 Å². The maximum absolute atomic E-state index is 12.2. The van der Waals surface area contributed by atoms with Crippen molar-refractivity contribution in [1.82, 2.24) is 9.29 Å². The predicted octanol–water partition coefficient (Wildman–Crippen LogP) is 4.58. The molecule has 2 aromatic carbocycles. The smallest absolute Gasteiger partial charge is 0.257 e. The third-order valence-corrected chi connectivity index (χ3v) is 6.88. The average Bonchev–Trinajstić information content (AvgIpc) is 2.96. The first-order chi connectivity index (χ1) is 11.8. The highest BCUT2D eigenvalue weighted by atomic mass is 35.5. The molecule has 25 heavy (non-hydrogen) atoms. The molecule has 3 rings (SSSR count). The first-order valence-corrected chi connectivity index (χ1v) is 10.2. The second kappa shape index (κ2) is 6.99. The van der Waals surface area contributed by atoms with E-state index in [1.54, 1.807) is 6.07 Å². The van der Waals surface area contributed by atoms with Gasteiger partial charge >= 0.3 is 0 Å². The molecule has 5 nitrogen and oxygen atoms in total. The molecule has 8 heteroatoms. The Balaban J connectivity index is 1.90. The monoisotopic (exact) mass is 396 g/mol. The molecule has 0 radical (unpaired) electrons.